The first-order valence-corrected chi connectivity index (χ1v) is 6.52. The van der Waals surface area contributed by atoms with Gasteiger partial charge in [0.2, 0.25) is 0 Å². The molecule has 5 heteroatoms. The normalized spacial score (nSPS) is 22.3. The van der Waals surface area contributed by atoms with Crippen LogP contribution in [-0.4, -0.2) is 23.0 Å². The molecule has 18 heavy (non-hydrogen) atoms. The third-order valence-corrected chi connectivity index (χ3v) is 3.93. The van der Waals surface area contributed by atoms with E-state index in [-0.39, 0.29) is 12.4 Å². The Balaban J connectivity index is 2.07. The maximum atomic E-state index is 11.3. The molecule has 0 aromatic heterocycles. The molecule has 1 aromatic carbocycles. The van der Waals surface area contributed by atoms with E-state index in [1.165, 1.54) is 12.7 Å². The van der Waals surface area contributed by atoms with Gasteiger partial charge in [-0.2, -0.15) is 5.10 Å². The van der Waals surface area contributed by atoms with E-state index in [0.29, 0.717) is 0 Å². The van der Waals surface area contributed by atoms with Gasteiger partial charge in [0.1, 0.15) is 9.91 Å². The Morgan fingerprint density at radius 2 is 2.11 bits per heavy atom. The number of esters is 1. The van der Waals surface area contributed by atoms with Crippen LogP contribution in [0.25, 0.3) is 0 Å². The minimum Gasteiger partial charge on any atom is -0.469 e. The van der Waals surface area contributed by atoms with Gasteiger partial charge in [-0.25, -0.2) is 0 Å². The zero-order valence-electron chi connectivity index (χ0n) is 10.7. The Kier molecular flexibility index (Phi) is 3.61. The number of hydrazone groups is 1. The Morgan fingerprint density at radius 1 is 1.44 bits per heavy atom. The number of carbonyl (C=O) groups excluding carboxylic acids is 1. The maximum Gasteiger partial charge on any atom is 0.308 e. The molecule has 1 N–H and O–H groups in total. The fraction of sp³-hybridized carbons (Fsp3) is 0.385. The molecule has 4 nitrogen and oxygen atoms in total. The molecule has 0 unspecified atom stereocenters. The molecular formula is C13H16N2O2S. The molecule has 1 aliphatic heterocycles. The van der Waals surface area contributed by atoms with Crippen LogP contribution in [0.15, 0.2) is 29.4 Å². The molecule has 0 radical (unpaired) electrons. The van der Waals surface area contributed by atoms with Gasteiger partial charge in [0.15, 0.2) is 0 Å². The van der Waals surface area contributed by atoms with E-state index in [9.17, 15) is 4.79 Å². The Hall–Kier alpha value is -1.49. The number of thioether (sulfide) groups is 1. The fourth-order valence-corrected chi connectivity index (χ4v) is 2.72. The van der Waals surface area contributed by atoms with Crippen LogP contribution >= 0.6 is 11.8 Å². The highest BCUT2D eigenvalue weighted by Crippen LogP contribution is 2.34. The molecular weight excluding hydrogens is 248 g/mol. The van der Waals surface area contributed by atoms with Crippen molar-refractivity contribution in [3.05, 3.63) is 35.4 Å². The summed E-state index contributed by atoms with van der Waals surface area (Å²) in [5, 5.41) is 5.20. The van der Waals surface area contributed by atoms with E-state index in [1.54, 1.807) is 11.8 Å². The van der Waals surface area contributed by atoms with Crippen molar-refractivity contribution in [2.24, 2.45) is 5.10 Å². The molecule has 0 aliphatic carbocycles. The van der Waals surface area contributed by atoms with Gasteiger partial charge >= 0.3 is 5.97 Å². The first kappa shape index (κ1) is 13.0. The number of nitrogens with zero attached hydrogens (tertiary/aromatic N) is 1. The third kappa shape index (κ3) is 2.85. The second kappa shape index (κ2) is 5.02. The Labute approximate surface area is 111 Å². The van der Waals surface area contributed by atoms with Crippen LogP contribution in [0.2, 0.25) is 0 Å². The van der Waals surface area contributed by atoms with E-state index >= 15 is 0 Å². The molecule has 1 aliphatic rings. The smallest absolute Gasteiger partial charge is 0.308 e. The van der Waals surface area contributed by atoms with Gasteiger partial charge in [0, 0.05) is 5.56 Å². The van der Waals surface area contributed by atoms with Gasteiger partial charge in [-0.1, -0.05) is 41.6 Å². The first-order valence-electron chi connectivity index (χ1n) is 5.70. The van der Waals surface area contributed by atoms with Gasteiger partial charge in [0.25, 0.3) is 0 Å². The average molecular weight is 264 g/mol. The molecule has 0 amide bonds. The zero-order valence-corrected chi connectivity index (χ0v) is 11.5. The number of aryl methyl sites for hydroxylation is 1. The van der Waals surface area contributed by atoms with Crippen LogP contribution in [0.1, 0.15) is 24.5 Å². The number of nitrogens with one attached hydrogen (secondary N) is 1. The standard InChI is InChI=1S/C13H16N2O2S/c1-9-4-6-10(7-5-9)12-14-15-13(2,18-12)8-11(16)17-3/h4-7,15H,8H2,1-3H3/t13-/m0/s1. The van der Waals surface area contributed by atoms with Crippen molar-refractivity contribution < 1.29 is 9.53 Å². The number of rotatable bonds is 3. The van der Waals surface area contributed by atoms with Crippen molar-refractivity contribution in [2.75, 3.05) is 7.11 Å². The minimum atomic E-state index is -0.423. The van der Waals surface area contributed by atoms with Crippen LogP contribution in [0.4, 0.5) is 0 Å². The molecule has 96 valence electrons. The van der Waals surface area contributed by atoms with Gasteiger partial charge in [-0.15, -0.1) is 0 Å². The van der Waals surface area contributed by atoms with Crippen molar-refractivity contribution in [3.63, 3.8) is 0 Å². The van der Waals surface area contributed by atoms with E-state index in [0.717, 1.165) is 10.6 Å². The predicted molar refractivity (Wildman–Crippen MR) is 73.5 cm³/mol. The van der Waals surface area contributed by atoms with Crippen LogP contribution in [0.3, 0.4) is 0 Å². The Morgan fingerprint density at radius 3 is 2.72 bits per heavy atom. The largest absolute Gasteiger partial charge is 0.469 e. The Bertz CT molecular complexity index is 484. The molecule has 0 spiro atoms. The minimum absolute atomic E-state index is 0.238. The summed E-state index contributed by atoms with van der Waals surface area (Å²) in [6, 6.07) is 8.17. The van der Waals surface area contributed by atoms with Crippen molar-refractivity contribution >= 4 is 22.8 Å². The fourth-order valence-electron chi connectivity index (χ4n) is 1.67. The molecule has 2 rings (SSSR count). The monoisotopic (exact) mass is 264 g/mol. The lowest BCUT2D eigenvalue weighted by Crippen LogP contribution is -2.34. The molecule has 0 bridgehead atoms. The number of hydrogen-bond acceptors (Lipinski definition) is 5. The number of methoxy groups -OCH3 is 1. The molecule has 0 saturated heterocycles. The lowest BCUT2D eigenvalue weighted by atomic mass is 10.2. The van der Waals surface area contributed by atoms with Crippen LogP contribution < -0.4 is 5.43 Å². The second-order valence-corrected chi connectivity index (χ2v) is 5.97. The van der Waals surface area contributed by atoms with E-state index in [1.807, 2.05) is 38.1 Å². The summed E-state index contributed by atoms with van der Waals surface area (Å²) < 4.78 is 4.69. The lowest BCUT2D eigenvalue weighted by Gasteiger charge is -2.20. The number of carbonyl (C=O) groups is 1. The number of hydrogen-bond donors (Lipinski definition) is 1. The summed E-state index contributed by atoms with van der Waals surface area (Å²) in [5.41, 5.74) is 5.29. The van der Waals surface area contributed by atoms with Crippen molar-refractivity contribution in [3.8, 4) is 0 Å². The number of ether oxygens (including phenoxy) is 1. The highest BCUT2D eigenvalue weighted by Gasteiger charge is 2.35. The quantitative estimate of drug-likeness (QED) is 0.851. The summed E-state index contributed by atoms with van der Waals surface area (Å²) in [7, 11) is 1.40. The van der Waals surface area contributed by atoms with Crippen LogP contribution in [0.5, 0.6) is 0 Å². The summed E-state index contributed by atoms with van der Waals surface area (Å²) >= 11 is 1.55. The summed E-state index contributed by atoms with van der Waals surface area (Å²) in [4.78, 5) is 10.9. The zero-order chi connectivity index (χ0) is 13.2. The van der Waals surface area contributed by atoms with Crippen LogP contribution in [0, 0.1) is 6.92 Å². The van der Waals surface area contributed by atoms with Crippen molar-refractivity contribution in [1.82, 2.24) is 5.43 Å². The summed E-state index contributed by atoms with van der Waals surface area (Å²) in [6.07, 6.45) is 0.285. The van der Waals surface area contributed by atoms with Gasteiger partial charge in [0.05, 0.1) is 13.5 Å². The molecule has 1 heterocycles. The maximum absolute atomic E-state index is 11.3. The lowest BCUT2D eigenvalue weighted by molar-refractivity contribution is -0.141. The molecule has 1 atom stereocenters. The highest BCUT2D eigenvalue weighted by atomic mass is 32.2. The predicted octanol–water partition coefficient (Wildman–Crippen LogP) is 2.27. The van der Waals surface area contributed by atoms with Gasteiger partial charge < -0.3 is 4.74 Å². The molecule has 1 aromatic rings. The molecule has 0 saturated carbocycles. The second-order valence-electron chi connectivity index (χ2n) is 4.48. The van der Waals surface area contributed by atoms with Gasteiger partial charge in [-0.05, 0) is 13.8 Å². The van der Waals surface area contributed by atoms with Crippen LogP contribution in [-0.2, 0) is 9.53 Å². The topological polar surface area (TPSA) is 50.7 Å². The highest BCUT2D eigenvalue weighted by molar-refractivity contribution is 8.15. The number of benzene rings is 1. The molecule has 0 fully saturated rings. The van der Waals surface area contributed by atoms with E-state index in [4.69, 9.17) is 4.74 Å². The van der Waals surface area contributed by atoms with E-state index < -0.39 is 4.87 Å². The summed E-state index contributed by atoms with van der Waals surface area (Å²) in [5.74, 6) is -0.238. The average Bonchev–Trinajstić information content (AvgIpc) is 2.72. The van der Waals surface area contributed by atoms with Crippen molar-refractivity contribution in [2.45, 2.75) is 25.1 Å². The van der Waals surface area contributed by atoms with Crippen molar-refractivity contribution in [1.29, 1.82) is 0 Å². The summed E-state index contributed by atoms with van der Waals surface area (Å²) in [6.45, 7) is 3.99. The first-order chi connectivity index (χ1) is 8.52. The third-order valence-electron chi connectivity index (χ3n) is 2.72. The van der Waals surface area contributed by atoms with Gasteiger partial charge in [-0.3, -0.25) is 10.2 Å². The SMILES string of the molecule is COC(=O)C[C@@]1(C)NN=C(c2ccc(C)cc2)S1. The van der Waals surface area contributed by atoms with E-state index in [2.05, 4.69) is 10.5 Å².